The van der Waals surface area contributed by atoms with E-state index < -0.39 is 0 Å². The molecule has 0 aromatic carbocycles. The summed E-state index contributed by atoms with van der Waals surface area (Å²) >= 11 is 5.35. The van der Waals surface area contributed by atoms with E-state index in [4.69, 9.17) is 17.0 Å². The van der Waals surface area contributed by atoms with Crippen molar-refractivity contribution in [2.75, 3.05) is 53.0 Å². The zero-order valence-electron chi connectivity index (χ0n) is 11.2. The second-order valence-electron chi connectivity index (χ2n) is 4.91. The number of nitrogens with one attached hydrogen (secondary N) is 1. The molecule has 100 valence electrons. The van der Waals surface area contributed by atoms with Crippen LogP contribution in [0.3, 0.4) is 0 Å². The van der Waals surface area contributed by atoms with E-state index in [-0.39, 0.29) is 0 Å². The third kappa shape index (κ3) is 5.66. The number of thiocarbonyl (C=S) groups is 1. The first-order valence-electron chi connectivity index (χ1n) is 6.37. The van der Waals surface area contributed by atoms with Crippen molar-refractivity contribution < 1.29 is 4.74 Å². The number of nitrogens with zero attached hydrogens (tertiary/aromatic N) is 2. The van der Waals surface area contributed by atoms with Crippen molar-refractivity contribution in [2.45, 2.75) is 13.8 Å². The van der Waals surface area contributed by atoms with Crippen LogP contribution in [0.25, 0.3) is 0 Å². The Balaban J connectivity index is 2.19. The maximum Gasteiger partial charge on any atom is 0.169 e. The Bertz CT molecular complexity index is 228. The molecule has 0 spiro atoms. The van der Waals surface area contributed by atoms with Gasteiger partial charge in [0.1, 0.15) is 0 Å². The molecule has 0 aromatic rings. The van der Waals surface area contributed by atoms with Crippen LogP contribution in [0, 0.1) is 5.92 Å². The van der Waals surface area contributed by atoms with Crippen molar-refractivity contribution in [3.8, 4) is 0 Å². The Morgan fingerprint density at radius 2 is 1.94 bits per heavy atom. The molecule has 1 aliphatic rings. The molecule has 0 aliphatic carbocycles. The zero-order chi connectivity index (χ0) is 12.7. The first-order chi connectivity index (χ1) is 8.13. The van der Waals surface area contributed by atoms with Crippen LogP contribution in [0.2, 0.25) is 0 Å². The third-order valence-corrected chi connectivity index (χ3v) is 3.27. The monoisotopic (exact) mass is 259 g/mol. The highest BCUT2D eigenvalue weighted by Crippen LogP contribution is 2.05. The van der Waals surface area contributed by atoms with E-state index in [2.05, 4.69) is 29.0 Å². The molecule has 17 heavy (non-hydrogen) atoms. The highest BCUT2D eigenvalue weighted by molar-refractivity contribution is 7.80. The summed E-state index contributed by atoms with van der Waals surface area (Å²) in [5.41, 5.74) is 0. The molecule has 0 radical (unpaired) electrons. The largest absolute Gasteiger partial charge is 0.383 e. The van der Waals surface area contributed by atoms with E-state index in [0.717, 1.165) is 43.8 Å². The molecule has 0 aromatic heterocycles. The highest BCUT2D eigenvalue weighted by atomic mass is 32.1. The predicted octanol–water partition coefficient (Wildman–Crippen LogP) is 0.781. The van der Waals surface area contributed by atoms with Crippen LogP contribution in [-0.2, 0) is 4.74 Å². The smallest absolute Gasteiger partial charge is 0.169 e. The molecular formula is C12H25N3OS. The Hall–Kier alpha value is -0.390. The van der Waals surface area contributed by atoms with Gasteiger partial charge in [-0.2, -0.15) is 0 Å². The summed E-state index contributed by atoms with van der Waals surface area (Å²) in [4.78, 5) is 4.76. The Kier molecular flexibility index (Phi) is 6.77. The van der Waals surface area contributed by atoms with Crippen molar-refractivity contribution in [3.05, 3.63) is 0 Å². The van der Waals surface area contributed by atoms with Crippen molar-refractivity contribution in [1.29, 1.82) is 0 Å². The maximum atomic E-state index is 5.35. The summed E-state index contributed by atoms with van der Waals surface area (Å²) in [6.07, 6.45) is 0. The van der Waals surface area contributed by atoms with Gasteiger partial charge in [-0.25, -0.2) is 0 Å². The van der Waals surface area contributed by atoms with Crippen LogP contribution >= 0.6 is 12.2 Å². The molecule has 1 N–H and O–H groups in total. The number of hydrogen-bond acceptors (Lipinski definition) is 3. The van der Waals surface area contributed by atoms with Crippen molar-refractivity contribution in [1.82, 2.24) is 15.1 Å². The lowest BCUT2D eigenvalue weighted by atomic mass is 10.2. The first kappa shape index (κ1) is 14.7. The van der Waals surface area contributed by atoms with Crippen LogP contribution in [-0.4, -0.2) is 67.9 Å². The third-order valence-electron chi connectivity index (χ3n) is 2.87. The zero-order valence-corrected chi connectivity index (χ0v) is 12.1. The average molecular weight is 259 g/mol. The molecule has 1 heterocycles. The summed E-state index contributed by atoms with van der Waals surface area (Å²) in [7, 11) is 1.70. The molecule has 0 bridgehead atoms. The van der Waals surface area contributed by atoms with Gasteiger partial charge in [-0.05, 0) is 18.1 Å². The number of methoxy groups -OCH3 is 1. The van der Waals surface area contributed by atoms with E-state index in [1.165, 1.54) is 6.54 Å². The molecular weight excluding hydrogens is 234 g/mol. The fraction of sp³-hybridized carbons (Fsp3) is 0.917. The van der Waals surface area contributed by atoms with Crippen molar-refractivity contribution >= 4 is 17.3 Å². The van der Waals surface area contributed by atoms with Gasteiger partial charge < -0.3 is 15.0 Å². The van der Waals surface area contributed by atoms with E-state index in [1.54, 1.807) is 7.11 Å². The molecule has 1 rings (SSSR count). The van der Waals surface area contributed by atoms with Gasteiger partial charge in [-0.15, -0.1) is 0 Å². The van der Waals surface area contributed by atoms with Crippen molar-refractivity contribution in [2.24, 2.45) is 5.92 Å². The molecule has 0 atom stereocenters. The molecule has 0 unspecified atom stereocenters. The number of piperazine rings is 1. The van der Waals surface area contributed by atoms with Crippen LogP contribution in [0.5, 0.6) is 0 Å². The summed E-state index contributed by atoms with van der Waals surface area (Å²) in [6, 6.07) is 0. The van der Waals surface area contributed by atoms with Gasteiger partial charge in [0.25, 0.3) is 0 Å². The lowest BCUT2D eigenvalue weighted by Gasteiger charge is -2.36. The van der Waals surface area contributed by atoms with Crippen molar-refractivity contribution in [3.63, 3.8) is 0 Å². The maximum absolute atomic E-state index is 5.35. The van der Waals surface area contributed by atoms with E-state index in [1.807, 2.05) is 0 Å². The minimum Gasteiger partial charge on any atom is -0.383 e. The fourth-order valence-electron chi connectivity index (χ4n) is 2.02. The van der Waals surface area contributed by atoms with Gasteiger partial charge in [0.05, 0.1) is 6.61 Å². The first-order valence-corrected chi connectivity index (χ1v) is 6.78. The summed E-state index contributed by atoms with van der Waals surface area (Å²) in [6.45, 7) is 11.5. The number of ether oxygens (including phenoxy) is 1. The highest BCUT2D eigenvalue weighted by Gasteiger charge is 2.18. The lowest BCUT2D eigenvalue weighted by molar-refractivity contribution is 0.164. The lowest BCUT2D eigenvalue weighted by Crippen LogP contribution is -2.52. The van der Waals surface area contributed by atoms with Gasteiger partial charge >= 0.3 is 0 Å². The van der Waals surface area contributed by atoms with Crippen LogP contribution in [0.15, 0.2) is 0 Å². The van der Waals surface area contributed by atoms with Gasteiger partial charge in [-0.1, -0.05) is 13.8 Å². The minimum absolute atomic E-state index is 0.702. The normalized spacial score (nSPS) is 17.5. The Labute approximate surface area is 110 Å². The van der Waals surface area contributed by atoms with Crippen LogP contribution in [0.1, 0.15) is 13.8 Å². The second-order valence-corrected chi connectivity index (χ2v) is 5.29. The van der Waals surface area contributed by atoms with Gasteiger partial charge in [0, 0.05) is 46.4 Å². The van der Waals surface area contributed by atoms with Gasteiger partial charge in [0.15, 0.2) is 5.11 Å². The topological polar surface area (TPSA) is 27.7 Å². The van der Waals surface area contributed by atoms with Crippen LogP contribution in [0.4, 0.5) is 0 Å². The molecule has 1 saturated heterocycles. The van der Waals surface area contributed by atoms with E-state index in [0.29, 0.717) is 6.61 Å². The van der Waals surface area contributed by atoms with E-state index in [9.17, 15) is 0 Å². The second kappa shape index (κ2) is 7.84. The molecule has 4 nitrogen and oxygen atoms in total. The predicted molar refractivity (Wildman–Crippen MR) is 75.3 cm³/mol. The Morgan fingerprint density at radius 3 is 2.47 bits per heavy atom. The Morgan fingerprint density at radius 1 is 1.29 bits per heavy atom. The quantitative estimate of drug-likeness (QED) is 0.582. The molecule has 0 amide bonds. The minimum atomic E-state index is 0.702. The molecule has 1 aliphatic heterocycles. The summed E-state index contributed by atoms with van der Waals surface area (Å²) in [5.74, 6) is 0.744. The molecule has 5 heteroatoms. The molecule has 0 saturated carbocycles. The van der Waals surface area contributed by atoms with Gasteiger partial charge in [0.2, 0.25) is 0 Å². The standard InChI is InChI=1S/C12H25N3OS/c1-11(2)10-14-5-7-15(8-6-14)12(17)13-4-9-16-3/h11H,4-10H2,1-3H3,(H,13,17). The SMILES string of the molecule is COCCNC(=S)N1CCN(CC(C)C)CC1. The van der Waals surface area contributed by atoms with E-state index >= 15 is 0 Å². The average Bonchev–Trinajstić information content (AvgIpc) is 2.29. The summed E-state index contributed by atoms with van der Waals surface area (Å²) in [5, 5.41) is 4.09. The van der Waals surface area contributed by atoms with Crippen LogP contribution < -0.4 is 5.32 Å². The fourth-order valence-corrected chi connectivity index (χ4v) is 2.31. The summed E-state index contributed by atoms with van der Waals surface area (Å²) < 4.78 is 4.99. The number of rotatable bonds is 5. The molecule has 1 fully saturated rings. The van der Waals surface area contributed by atoms with Gasteiger partial charge in [-0.3, -0.25) is 4.90 Å². The number of hydrogen-bond donors (Lipinski definition) is 1.